The van der Waals surface area contributed by atoms with Gasteiger partial charge in [-0.2, -0.15) is 4.72 Å². The van der Waals surface area contributed by atoms with Crippen molar-refractivity contribution in [3.05, 3.63) is 140 Å². The summed E-state index contributed by atoms with van der Waals surface area (Å²) in [5.74, 6) is -1.18. The van der Waals surface area contributed by atoms with Crippen LogP contribution >= 0.6 is 0 Å². The highest BCUT2D eigenvalue weighted by Crippen LogP contribution is 2.44. The van der Waals surface area contributed by atoms with E-state index in [1.807, 2.05) is 6.92 Å². The minimum Gasteiger partial charge on any atom is -0.494 e. The maximum atomic E-state index is 14.4. The van der Waals surface area contributed by atoms with Gasteiger partial charge in [0, 0.05) is 12.1 Å². The van der Waals surface area contributed by atoms with Crippen molar-refractivity contribution in [2.24, 2.45) is 0 Å². The van der Waals surface area contributed by atoms with Crippen LogP contribution in [0.1, 0.15) is 53.0 Å². The molecule has 1 aliphatic heterocycles. The number of rotatable bonds is 14. The summed E-state index contributed by atoms with van der Waals surface area (Å²) in [7, 11) is -4.23. The first-order chi connectivity index (χ1) is 23.4. The van der Waals surface area contributed by atoms with Gasteiger partial charge in [0.05, 0.1) is 33.0 Å². The van der Waals surface area contributed by atoms with Crippen LogP contribution in [0.5, 0.6) is 5.75 Å². The number of amides is 2. The smallest absolute Gasteiger partial charge is 0.277 e. The Morgan fingerprint density at radius 3 is 2.06 bits per heavy atom. The van der Waals surface area contributed by atoms with E-state index in [1.54, 1.807) is 73.7 Å². The average Bonchev–Trinajstić information content (AvgIpc) is 3.83. The van der Waals surface area contributed by atoms with Crippen LogP contribution in [0.4, 0.5) is 11.4 Å². The van der Waals surface area contributed by atoms with Gasteiger partial charge >= 0.3 is 0 Å². The van der Waals surface area contributed by atoms with Gasteiger partial charge in [0.15, 0.2) is 6.17 Å². The summed E-state index contributed by atoms with van der Waals surface area (Å²) in [5.41, 5.74) is 0.141. The van der Waals surface area contributed by atoms with Crippen LogP contribution < -0.4 is 9.46 Å². The molecular weight excluding hydrogens is 654 g/mol. The third-order valence-electron chi connectivity index (χ3n) is 7.80. The normalized spacial score (nSPS) is 14.6. The molecule has 5 rings (SSSR count). The third-order valence-corrected chi connectivity index (χ3v) is 9.29. The molecule has 254 valence electrons. The standard InChI is InChI=1S/C34H33N5O9S/c1-3-4-18-48-29-14-12-25(13-15-29)32-36(33(40)26-20-27(38(42)43)22-28(21-26)39(44)45)37(32)34(41)31(19-24-8-6-5-7-9-24)35-49(46,47)30-16-10-23(2)11-17-30/h5-17,20-22,31-32,35H,3-4,18-19H2,1-2H3. The molecule has 0 bridgehead atoms. The molecule has 0 aliphatic carbocycles. The molecule has 0 saturated carbocycles. The van der Waals surface area contributed by atoms with Crippen molar-refractivity contribution in [2.45, 2.75) is 50.2 Å². The highest BCUT2D eigenvalue weighted by Gasteiger charge is 2.55. The van der Waals surface area contributed by atoms with Gasteiger partial charge in [0.1, 0.15) is 11.8 Å². The highest BCUT2D eigenvalue weighted by molar-refractivity contribution is 7.89. The Bertz CT molecular complexity index is 1940. The van der Waals surface area contributed by atoms with Crippen LogP contribution in [0.2, 0.25) is 0 Å². The van der Waals surface area contributed by atoms with Crippen molar-refractivity contribution in [3.63, 3.8) is 0 Å². The number of hydrogen-bond donors (Lipinski definition) is 1. The van der Waals surface area contributed by atoms with Gasteiger partial charge in [-0.15, -0.1) is 0 Å². The Balaban J connectivity index is 1.54. The number of carbonyl (C=O) groups is 2. The Kier molecular flexibility index (Phi) is 10.3. The summed E-state index contributed by atoms with van der Waals surface area (Å²) < 4.78 is 35.3. The molecule has 14 nitrogen and oxygen atoms in total. The van der Waals surface area contributed by atoms with Crippen LogP contribution in [0, 0.1) is 27.2 Å². The van der Waals surface area contributed by atoms with Gasteiger partial charge in [-0.05, 0) is 55.2 Å². The van der Waals surface area contributed by atoms with E-state index >= 15 is 0 Å². The number of hydrogen-bond acceptors (Lipinski definition) is 9. The van der Waals surface area contributed by atoms with Crippen molar-refractivity contribution in [3.8, 4) is 5.75 Å². The maximum absolute atomic E-state index is 14.4. The number of sulfonamides is 1. The Morgan fingerprint density at radius 1 is 0.878 bits per heavy atom. The van der Waals surface area contributed by atoms with Gasteiger partial charge < -0.3 is 4.74 Å². The number of nitro groups is 2. The number of non-ortho nitro benzene ring substituents is 2. The molecule has 4 aromatic carbocycles. The molecule has 2 atom stereocenters. The molecule has 49 heavy (non-hydrogen) atoms. The van der Waals surface area contributed by atoms with E-state index in [-0.39, 0.29) is 11.3 Å². The summed E-state index contributed by atoms with van der Waals surface area (Å²) in [4.78, 5) is 49.6. The minimum atomic E-state index is -4.23. The zero-order valence-electron chi connectivity index (χ0n) is 26.6. The van der Waals surface area contributed by atoms with Crippen molar-refractivity contribution in [1.29, 1.82) is 0 Å². The van der Waals surface area contributed by atoms with E-state index in [9.17, 15) is 38.2 Å². The van der Waals surface area contributed by atoms with Crippen molar-refractivity contribution < 1.29 is 32.6 Å². The van der Waals surface area contributed by atoms with Gasteiger partial charge in [-0.3, -0.25) is 29.8 Å². The Hall–Kier alpha value is -5.67. The van der Waals surface area contributed by atoms with Crippen LogP contribution in [-0.4, -0.2) is 52.7 Å². The van der Waals surface area contributed by atoms with E-state index in [0.717, 1.165) is 46.6 Å². The number of benzene rings is 4. The molecule has 2 amide bonds. The zero-order chi connectivity index (χ0) is 35.3. The molecular formula is C34H33N5O9S. The van der Waals surface area contributed by atoms with Crippen LogP contribution in [0.25, 0.3) is 0 Å². The molecule has 1 N–H and O–H groups in total. The van der Waals surface area contributed by atoms with E-state index in [1.165, 1.54) is 12.1 Å². The second-order valence-corrected chi connectivity index (χ2v) is 13.1. The molecule has 4 aromatic rings. The van der Waals surface area contributed by atoms with E-state index in [4.69, 9.17) is 4.74 Å². The van der Waals surface area contributed by atoms with Crippen molar-refractivity contribution >= 4 is 33.2 Å². The summed E-state index contributed by atoms with van der Waals surface area (Å²) in [6.45, 7) is 4.32. The first-order valence-corrected chi connectivity index (χ1v) is 16.8. The lowest BCUT2D eigenvalue weighted by Crippen LogP contribution is -2.46. The quantitative estimate of drug-likeness (QED) is 0.0777. The van der Waals surface area contributed by atoms with E-state index in [2.05, 4.69) is 4.72 Å². The minimum absolute atomic E-state index is 0.0678. The number of unbranched alkanes of at least 4 members (excludes halogenated alkanes) is 1. The number of ether oxygens (including phenoxy) is 1. The van der Waals surface area contributed by atoms with E-state index < -0.39 is 60.8 Å². The number of hydrazine groups is 1. The fourth-order valence-corrected chi connectivity index (χ4v) is 6.37. The lowest BCUT2D eigenvalue weighted by atomic mass is 10.1. The zero-order valence-corrected chi connectivity index (χ0v) is 27.4. The number of nitrogens with one attached hydrogen (secondary N) is 1. The van der Waals surface area contributed by atoms with Crippen molar-refractivity contribution in [2.75, 3.05) is 6.61 Å². The first kappa shape index (κ1) is 34.7. The number of aryl methyl sites for hydroxylation is 1. The molecule has 2 unspecified atom stereocenters. The van der Waals surface area contributed by atoms with Crippen LogP contribution in [0.15, 0.2) is 102 Å². The van der Waals surface area contributed by atoms with E-state index in [0.29, 0.717) is 23.5 Å². The lowest BCUT2D eigenvalue weighted by molar-refractivity contribution is -0.394. The van der Waals surface area contributed by atoms with Gasteiger partial charge in [0.25, 0.3) is 23.2 Å². The topological polar surface area (TPSA) is 182 Å². The second kappa shape index (κ2) is 14.6. The van der Waals surface area contributed by atoms with Crippen molar-refractivity contribution in [1.82, 2.24) is 14.7 Å². The summed E-state index contributed by atoms with van der Waals surface area (Å²) in [6.07, 6.45) is 0.626. The third kappa shape index (κ3) is 8.08. The molecule has 0 radical (unpaired) electrons. The SMILES string of the molecule is CCCCOc1ccc(C2N(C(=O)c3cc([N+](=O)[O-])cc([N+](=O)[O-])c3)N2C(=O)C(Cc2ccccc2)NS(=O)(=O)c2ccc(C)cc2)cc1. The summed E-state index contributed by atoms with van der Waals surface area (Å²) >= 11 is 0. The van der Waals surface area contributed by atoms with Gasteiger partial charge in [0.2, 0.25) is 10.0 Å². The Labute approximate surface area is 282 Å². The van der Waals surface area contributed by atoms with Gasteiger partial charge in [-0.25, -0.2) is 18.4 Å². The Morgan fingerprint density at radius 2 is 1.49 bits per heavy atom. The van der Waals surface area contributed by atoms with Crippen LogP contribution in [-0.2, 0) is 21.2 Å². The molecule has 0 spiro atoms. The summed E-state index contributed by atoms with van der Waals surface area (Å²) in [5, 5.41) is 25.2. The predicted octanol–water partition coefficient (Wildman–Crippen LogP) is 5.48. The highest BCUT2D eigenvalue weighted by atomic mass is 32.2. The molecule has 0 aromatic heterocycles. The molecule has 1 fully saturated rings. The molecule has 1 saturated heterocycles. The average molecular weight is 688 g/mol. The number of nitrogens with zero attached hydrogens (tertiary/aromatic N) is 4. The van der Waals surface area contributed by atoms with Gasteiger partial charge in [-0.1, -0.05) is 73.5 Å². The largest absolute Gasteiger partial charge is 0.494 e. The van der Waals surface area contributed by atoms with Crippen LogP contribution in [0.3, 0.4) is 0 Å². The fourth-order valence-electron chi connectivity index (χ4n) is 5.18. The maximum Gasteiger partial charge on any atom is 0.277 e. The number of nitro benzene ring substituents is 2. The second-order valence-electron chi connectivity index (χ2n) is 11.4. The predicted molar refractivity (Wildman–Crippen MR) is 178 cm³/mol. The monoisotopic (exact) mass is 687 g/mol. The fraction of sp³-hybridized carbons (Fsp3) is 0.235. The first-order valence-electron chi connectivity index (χ1n) is 15.4. The molecule has 15 heteroatoms. The summed E-state index contributed by atoms with van der Waals surface area (Å²) in [6, 6.07) is 22.5. The lowest BCUT2D eigenvalue weighted by Gasteiger charge is -2.19. The number of carbonyl (C=O) groups excluding carboxylic acids is 2. The molecule has 1 heterocycles. The molecule has 1 aliphatic rings.